The Labute approximate surface area is 430 Å². The SMILES string of the molecule is CCN1CCN(c2ccc(-c3cc4c(N5CCN6C(=O)CCC6C5)ccnn4c3)cc2)CC1.CCN1CCN(c2ccc(-c3cc4c(OS(=O)(=O)C(F)(F)F)ccnn4c3)cc2)CC1.O=C1[CH+]CC2CNCCN12. The summed E-state index contributed by atoms with van der Waals surface area (Å²) in [4.78, 5) is 39.3. The highest BCUT2D eigenvalue weighted by Crippen LogP contribution is 2.35. The summed E-state index contributed by atoms with van der Waals surface area (Å²) < 4.78 is 68.4. The quantitative estimate of drug-likeness (QED) is 0.107. The van der Waals surface area contributed by atoms with Crippen LogP contribution in [0.15, 0.2) is 97.6 Å². The van der Waals surface area contributed by atoms with E-state index in [-0.39, 0.29) is 11.4 Å². The molecule has 2 aromatic carbocycles. The van der Waals surface area contributed by atoms with Gasteiger partial charge in [-0.05, 0) is 73.1 Å². The van der Waals surface area contributed by atoms with Crippen LogP contribution in [0.2, 0.25) is 0 Å². The van der Waals surface area contributed by atoms with Crippen molar-refractivity contribution >= 4 is 50.0 Å². The van der Waals surface area contributed by atoms with E-state index in [1.54, 1.807) is 18.7 Å². The topological polar surface area (TPSA) is 147 Å². The predicted molar refractivity (Wildman–Crippen MR) is 280 cm³/mol. The largest absolute Gasteiger partial charge is 0.534 e. The molecule has 2 unspecified atom stereocenters. The van der Waals surface area contributed by atoms with Crippen molar-refractivity contribution in [2.24, 2.45) is 0 Å². The molecule has 6 aliphatic rings. The first kappa shape index (κ1) is 51.0. The smallest absolute Gasteiger partial charge is 0.374 e. The minimum Gasteiger partial charge on any atom is -0.374 e. The maximum atomic E-state index is 12.7. The molecule has 0 radical (unpaired) electrons. The van der Waals surface area contributed by atoms with Gasteiger partial charge in [0.1, 0.15) is 11.9 Å². The second kappa shape index (κ2) is 21.7. The molecule has 2 atom stereocenters. The van der Waals surface area contributed by atoms with Gasteiger partial charge in [0.15, 0.2) is 12.2 Å². The minimum atomic E-state index is -5.77. The molecule has 74 heavy (non-hydrogen) atoms. The average Bonchev–Trinajstić information content (AvgIpc) is 4.24. The molecule has 17 nitrogen and oxygen atoms in total. The van der Waals surface area contributed by atoms with Gasteiger partial charge in [0.2, 0.25) is 5.91 Å². The van der Waals surface area contributed by atoms with Gasteiger partial charge < -0.3 is 38.9 Å². The van der Waals surface area contributed by atoms with Gasteiger partial charge in [0, 0.05) is 151 Å². The number of carbonyl (C=O) groups excluding carboxylic acids is 2. The van der Waals surface area contributed by atoms with Crippen LogP contribution in [-0.4, -0.2) is 181 Å². The van der Waals surface area contributed by atoms with E-state index in [0.29, 0.717) is 30.0 Å². The highest BCUT2D eigenvalue weighted by Gasteiger charge is 2.49. The summed E-state index contributed by atoms with van der Waals surface area (Å²) in [5.74, 6) is 0.107. The number of nitrogens with one attached hydrogen (secondary N) is 1. The van der Waals surface area contributed by atoms with E-state index in [9.17, 15) is 31.2 Å². The lowest BCUT2D eigenvalue weighted by Gasteiger charge is -2.39. The van der Waals surface area contributed by atoms with Crippen LogP contribution >= 0.6 is 0 Å². The number of rotatable bonds is 9. The molecule has 21 heteroatoms. The van der Waals surface area contributed by atoms with E-state index in [0.717, 1.165) is 140 Å². The third kappa shape index (κ3) is 11.0. The van der Waals surface area contributed by atoms with Crippen LogP contribution in [0.3, 0.4) is 0 Å². The van der Waals surface area contributed by atoms with Crippen molar-refractivity contribution in [1.82, 2.24) is 44.1 Å². The fourth-order valence-electron chi connectivity index (χ4n) is 10.9. The fraction of sp³-hybridized carbons (Fsp3) is 0.453. The van der Waals surface area contributed by atoms with Crippen molar-refractivity contribution in [3.8, 4) is 28.0 Å². The minimum absolute atomic E-state index is 0.116. The van der Waals surface area contributed by atoms with Gasteiger partial charge in [0.25, 0.3) is 0 Å². The maximum Gasteiger partial charge on any atom is 0.534 e. The monoisotopic (exact) mass is 1040 g/mol. The highest BCUT2D eigenvalue weighted by atomic mass is 32.2. The molecule has 6 aliphatic heterocycles. The molecule has 6 aromatic rings. The Kier molecular flexibility index (Phi) is 15.0. The number of halogens is 3. The van der Waals surface area contributed by atoms with Crippen LogP contribution in [0.5, 0.6) is 5.75 Å². The molecule has 0 aliphatic carbocycles. The van der Waals surface area contributed by atoms with Gasteiger partial charge >= 0.3 is 21.5 Å². The Morgan fingerprint density at radius 1 is 0.662 bits per heavy atom. The summed E-state index contributed by atoms with van der Waals surface area (Å²) in [7, 11) is -5.77. The number of benzene rings is 2. The van der Waals surface area contributed by atoms with Crippen LogP contribution in [0, 0.1) is 6.42 Å². The van der Waals surface area contributed by atoms with E-state index < -0.39 is 21.4 Å². The zero-order valence-corrected chi connectivity index (χ0v) is 42.7. The number of alkyl halides is 3. The number of amides is 2. The van der Waals surface area contributed by atoms with Gasteiger partial charge in [-0.15, -0.1) is 0 Å². The first-order chi connectivity index (χ1) is 35.7. The van der Waals surface area contributed by atoms with Gasteiger partial charge in [-0.2, -0.15) is 31.8 Å². The van der Waals surface area contributed by atoms with Crippen LogP contribution < -0.4 is 24.2 Å². The number of anilines is 3. The lowest BCUT2D eigenvalue weighted by atomic mass is 10.1. The molecule has 0 spiro atoms. The predicted octanol–water partition coefficient (Wildman–Crippen LogP) is 5.72. The van der Waals surface area contributed by atoms with Crippen molar-refractivity contribution in [3.05, 3.63) is 104 Å². The molecule has 0 saturated carbocycles. The zero-order chi connectivity index (χ0) is 51.6. The molecule has 0 bridgehead atoms. The molecule has 2 amide bonds. The van der Waals surface area contributed by atoms with E-state index in [2.05, 4.69) is 106 Å². The molecule has 6 saturated heterocycles. The number of likely N-dealkylation sites (N-methyl/N-ethyl adjacent to an activating group) is 2. The Balaban J connectivity index is 0.000000143. The number of carbonyl (C=O) groups is 2. The number of hydrogen-bond donors (Lipinski definition) is 1. The third-order valence-corrected chi connectivity index (χ3v) is 16.2. The lowest BCUT2D eigenvalue weighted by Crippen LogP contribution is -2.51. The molecule has 4 aromatic heterocycles. The van der Waals surface area contributed by atoms with Crippen molar-refractivity contribution in [2.75, 3.05) is 119 Å². The second-order valence-electron chi connectivity index (χ2n) is 19.5. The number of piperazine rings is 4. The molecular weight excluding hydrogens is 974 g/mol. The summed E-state index contributed by atoms with van der Waals surface area (Å²) in [6, 6.07) is 24.6. The van der Waals surface area contributed by atoms with Gasteiger partial charge in [-0.3, -0.25) is 9.69 Å². The van der Waals surface area contributed by atoms with Crippen LogP contribution in [0.25, 0.3) is 33.3 Å². The Hall–Kier alpha value is -6.55. The first-order valence-corrected chi connectivity index (χ1v) is 27.2. The zero-order valence-electron chi connectivity index (χ0n) is 41.9. The Bertz CT molecular complexity index is 3030. The van der Waals surface area contributed by atoms with Gasteiger partial charge in [0.05, 0.1) is 23.4 Å². The first-order valence-electron chi connectivity index (χ1n) is 25.7. The average molecular weight is 1040 g/mol. The molecule has 10 heterocycles. The summed E-state index contributed by atoms with van der Waals surface area (Å²) >= 11 is 0. The van der Waals surface area contributed by atoms with Gasteiger partial charge in [-0.25, -0.2) is 13.8 Å². The van der Waals surface area contributed by atoms with Crippen molar-refractivity contribution in [2.45, 2.75) is 50.7 Å². The van der Waals surface area contributed by atoms with Crippen molar-refractivity contribution in [1.29, 1.82) is 0 Å². The Morgan fingerprint density at radius 2 is 1.22 bits per heavy atom. The van der Waals surface area contributed by atoms with E-state index >= 15 is 0 Å². The van der Waals surface area contributed by atoms with Gasteiger partial charge in [-0.1, -0.05) is 38.1 Å². The van der Waals surface area contributed by atoms with Crippen molar-refractivity contribution in [3.63, 3.8) is 0 Å². The van der Waals surface area contributed by atoms with E-state index in [1.807, 2.05) is 39.9 Å². The number of hydrogen-bond acceptors (Lipinski definition) is 13. The molecular formula is C53H64F3N12O5S+. The van der Waals surface area contributed by atoms with E-state index in [1.165, 1.54) is 33.2 Å². The third-order valence-electron chi connectivity index (χ3n) is 15.2. The molecule has 392 valence electrons. The number of aromatic nitrogens is 4. The van der Waals surface area contributed by atoms with Crippen LogP contribution in [0.1, 0.15) is 33.1 Å². The molecule has 12 rings (SSSR count). The standard InChI is InChI=1S/C26H32N6O.C20H21F3N4O3S.C7H11N2O/c1-2-28-11-13-29(14-12-28)22-5-3-20(4-6-22)21-17-25-24(9-10-27-32(25)18-21)30-15-16-31-23(19-30)7-8-26(31)33;1-2-25-9-11-26(12-10-25)17-5-3-15(4-6-17)16-13-18-19(7-8-24-27(18)14-16)30-31(28,29)20(21,22)23;10-7-2-1-6-5-8-3-4-9(6)7/h3-6,9-10,17-18,23H,2,7-8,11-16,19H2,1H3;3-8,13-14H,2,9-12H2,1H3;2,6,8H,1,3-5H2/q;;+1. The normalized spacial score (nSPS) is 20.7. The highest BCUT2D eigenvalue weighted by molar-refractivity contribution is 7.88. The number of nitrogens with zero attached hydrogens (tertiary/aromatic N) is 11. The van der Waals surface area contributed by atoms with Crippen LogP contribution in [0.4, 0.5) is 30.2 Å². The molecule has 6 fully saturated rings. The van der Waals surface area contributed by atoms with E-state index in [4.69, 9.17) is 0 Å². The summed E-state index contributed by atoms with van der Waals surface area (Å²) in [6.07, 6.45) is 11.2. The number of fused-ring (bicyclic) bond motifs is 4. The summed E-state index contributed by atoms with van der Waals surface area (Å²) in [6.45, 7) is 20.4. The fourth-order valence-corrected chi connectivity index (χ4v) is 11.4. The lowest BCUT2D eigenvalue weighted by molar-refractivity contribution is -0.129. The van der Waals surface area contributed by atoms with Crippen molar-refractivity contribution < 1.29 is 35.4 Å². The summed E-state index contributed by atoms with van der Waals surface area (Å²) in [5.41, 5.74) is 3.25. The molecule has 1 N–H and O–H groups in total. The summed E-state index contributed by atoms with van der Waals surface area (Å²) in [5, 5.41) is 11.9. The Morgan fingerprint density at radius 3 is 1.78 bits per heavy atom. The second-order valence-corrected chi connectivity index (χ2v) is 21.0. The van der Waals surface area contributed by atoms with Crippen LogP contribution in [-0.2, 0) is 19.7 Å². The maximum absolute atomic E-state index is 12.7.